The Morgan fingerprint density at radius 3 is 2.71 bits per heavy atom. The number of rotatable bonds is 5. The van der Waals surface area contributed by atoms with Gasteiger partial charge >= 0.3 is 0 Å². The molecule has 146 valence electrons. The minimum atomic E-state index is -0.857. The van der Waals surface area contributed by atoms with Gasteiger partial charge in [0.15, 0.2) is 11.5 Å². The number of carbonyl (C=O) groups excluding carboxylic acids is 2. The van der Waals surface area contributed by atoms with Crippen molar-refractivity contribution in [2.45, 2.75) is 5.92 Å². The molecule has 2 aromatic rings. The Bertz CT molecular complexity index is 935. The number of aromatic hydroxyl groups is 1. The topological polar surface area (TPSA) is 100 Å². The fraction of sp³-hybridized carbons (Fsp3) is 0.211. The normalized spacial score (nSPS) is 18.9. The Morgan fingerprint density at radius 1 is 1.32 bits per heavy atom. The molecule has 1 heterocycles. The summed E-state index contributed by atoms with van der Waals surface area (Å²) in [5, 5.41) is 16.7. The van der Waals surface area contributed by atoms with Crippen LogP contribution in [0, 0.1) is 5.92 Å². The number of phenols is 1. The Balaban J connectivity index is 1.76. The number of carbonyl (C=O) groups is 2. The van der Waals surface area contributed by atoms with E-state index in [4.69, 9.17) is 4.74 Å². The van der Waals surface area contributed by atoms with Gasteiger partial charge in [-0.3, -0.25) is 9.59 Å². The van der Waals surface area contributed by atoms with Gasteiger partial charge in [-0.05, 0) is 43.5 Å². The number of hydrazone groups is 1. The summed E-state index contributed by atoms with van der Waals surface area (Å²) < 4.78 is 6.05. The third-order valence-electron chi connectivity index (χ3n) is 4.46. The van der Waals surface area contributed by atoms with E-state index in [0.717, 1.165) is 5.56 Å². The maximum absolute atomic E-state index is 12.6. The molecule has 28 heavy (non-hydrogen) atoms. The minimum absolute atomic E-state index is 0.0520. The lowest BCUT2D eigenvalue weighted by Gasteiger charge is -2.15. The number of halogens is 2. The van der Waals surface area contributed by atoms with Crippen molar-refractivity contribution in [3.63, 3.8) is 0 Å². The molecule has 3 N–H and O–H groups in total. The molecular weight excluding hydrogens is 494 g/mol. The van der Waals surface area contributed by atoms with Crippen LogP contribution in [0.4, 0.5) is 0 Å². The highest BCUT2D eigenvalue weighted by atomic mass is 79.9. The third kappa shape index (κ3) is 4.05. The summed E-state index contributed by atoms with van der Waals surface area (Å²) >= 11 is 6.61. The van der Waals surface area contributed by atoms with Gasteiger partial charge in [0.2, 0.25) is 5.91 Å². The SMILES string of the molecule is COc1cc(/C=N/NC(=O)[C@@H]2C(=O)NC[C@H]2c2ccccc2)c(Br)c(Br)c1O. The predicted octanol–water partition coefficient (Wildman–Crippen LogP) is 2.91. The van der Waals surface area contributed by atoms with Crippen molar-refractivity contribution < 1.29 is 19.4 Å². The molecule has 0 unspecified atom stereocenters. The maximum atomic E-state index is 12.6. The van der Waals surface area contributed by atoms with E-state index in [9.17, 15) is 14.7 Å². The molecule has 0 aliphatic carbocycles. The molecule has 1 aliphatic heterocycles. The minimum Gasteiger partial charge on any atom is -0.503 e. The fourth-order valence-corrected chi connectivity index (χ4v) is 3.86. The number of hydrogen-bond donors (Lipinski definition) is 3. The van der Waals surface area contributed by atoms with E-state index in [2.05, 4.69) is 47.7 Å². The summed E-state index contributed by atoms with van der Waals surface area (Å²) in [7, 11) is 1.43. The third-order valence-corrected chi connectivity index (χ3v) is 6.62. The average Bonchev–Trinajstić information content (AvgIpc) is 3.10. The van der Waals surface area contributed by atoms with Crippen molar-refractivity contribution in [1.82, 2.24) is 10.7 Å². The molecule has 2 atom stereocenters. The molecule has 7 nitrogen and oxygen atoms in total. The molecular formula is C19H17Br2N3O4. The highest BCUT2D eigenvalue weighted by Crippen LogP contribution is 2.41. The van der Waals surface area contributed by atoms with Crippen LogP contribution < -0.4 is 15.5 Å². The van der Waals surface area contributed by atoms with Gasteiger partial charge in [-0.25, -0.2) is 5.43 Å². The number of methoxy groups -OCH3 is 1. The van der Waals surface area contributed by atoms with E-state index in [1.807, 2.05) is 30.3 Å². The highest BCUT2D eigenvalue weighted by Gasteiger charge is 2.40. The summed E-state index contributed by atoms with van der Waals surface area (Å²) in [6.45, 7) is 0.401. The van der Waals surface area contributed by atoms with Crippen molar-refractivity contribution in [2.75, 3.05) is 13.7 Å². The summed E-state index contributed by atoms with van der Waals surface area (Å²) in [6, 6.07) is 11.0. The van der Waals surface area contributed by atoms with Crippen LogP contribution in [0.2, 0.25) is 0 Å². The lowest BCUT2D eigenvalue weighted by molar-refractivity contribution is -0.133. The number of phenolic OH excluding ortho intramolecular Hbond substituents is 1. The van der Waals surface area contributed by atoms with E-state index in [-0.39, 0.29) is 23.3 Å². The maximum Gasteiger partial charge on any atom is 0.253 e. The fourth-order valence-electron chi connectivity index (χ4n) is 3.03. The second-order valence-corrected chi connectivity index (χ2v) is 7.70. The van der Waals surface area contributed by atoms with E-state index in [1.165, 1.54) is 13.3 Å². The van der Waals surface area contributed by atoms with Gasteiger partial charge in [-0.1, -0.05) is 30.3 Å². The molecule has 0 aromatic heterocycles. The first-order valence-corrected chi connectivity index (χ1v) is 9.93. The number of hydrogen-bond acceptors (Lipinski definition) is 5. The van der Waals surface area contributed by atoms with Crippen LogP contribution in [-0.4, -0.2) is 36.8 Å². The first kappa shape index (κ1) is 20.3. The van der Waals surface area contributed by atoms with Crippen molar-refractivity contribution in [1.29, 1.82) is 0 Å². The molecule has 3 rings (SSSR count). The van der Waals surface area contributed by atoms with Crippen molar-refractivity contribution in [3.8, 4) is 11.5 Å². The van der Waals surface area contributed by atoms with E-state index < -0.39 is 11.8 Å². The molecule has 1 aliphatic rings. The molecule has 0 spiro atoms. The van der Waals surface area contributed by atoms with Crippen molar-refractivity contribution >= 4 is 49.9 Å². The molecule has 2 aromatic carbocycles. The smallest absolute Gasteiger partial charge is 0.253 e. The van der Waals surface area contributed by atoms with Gasteiger partial charge in [0, 0.05) is 22.5 Å². The van der Waals surface area contributed by atoms with Gasteiger partial charge < -0.3 is 15.2 Å². The number of ether oxygens (including phenoxy) is 1. The van der Waals surface area contributed by atoms with Crippen LogP contribution >= 0.6 is 31.9 Å². The van der Waals surface area contributed by atoms with Crippen LogP contribution in [0.3, 0.4) is 0 Å². The zero-order valence-electron chi connectivity index (χ0n) is 14.8. The van der Waals surface area contributed by atoms with E-state index in [0.29, 0.717) is 21.1 Å². The quantitative estimate of drug-likeness (QED) is 0.327. The lowest BCUT2D eigenvalue weighted by atomic mass is 9.88. The molecule has 2 amide bonds. The van der Waals surface area contributed by atoms with Crippen LogP contribution in [0.25, 0.3) is 0 Å². The van der Waals surface area contributed by atoms with Crippen LogP contribution in [0.5, 0.6) is 11.5 Å². The molecule has 1 fully saturated rings. The second-order valence-electron chi connectivity index (χ2n) is 6.12. The monoisotopic (exact) mass is 509 g/mol. The Kier molecular flexibility index (Phi) is 6.35. The van der Waals surface area contributed by atoms with Crippen LogP contribution in [-0.2, 0) is 9.59 Å². The summed E-state index contributed by atoms with van der Waals surface area (Å²) in [5.74, 6) is -1.72. The van der Waals surface area contributed by atoms with E-state index >= 15 is 0 Å². The summed E-state index contributed by atoms with van der Waals surface area (Å²) in [4.78, 5) is 24.8. The number of benzene rings is 2. The highest BCUT2D eigenvalue weighted by molar-refractivity contribution is 9.13. The van der Waals surface area contributed by atoms with Gasteiger partial charge in [-0.2, -0.15) is 5.10 Å². The molecule has 1 saturated heterocycles. The van der Waals surface area contributed by atoms with Crippen molar-refractivity contribution in [2.24, 2.45) is 11.0 Å². The standard InChI is InChI=1S/C19H17Br2N3O4/c1-28-13-7-11(15(20)16(21)17(13)25)8-23-24-19(27)14-12(9-22-18(14)26)10-5-3-2-4-6-10/h2-8,12,14,25H,9H2,1H3,(H,22,26)(H,24,27)/b23-8+/t12-,14-/m0/s1. The zero-order chi connectivity index (χ0) is 20.3. The first-order chi connectivity index (χ1) is 13.4. The second kappa shape index (κ2) is 8.74. The zero-order valence-corrected chi connectivity index (χ0v) is 18.0. The van der Waals surface area contributed by atoms with Crippen molar-refractivity contribution in [3.05, 3.63) is 56.5 Å². The Hall–Kier alpha value is -2.39. The van der Waals surface area contributed by atoms with Gasteiger partial charge in [0.05, 0.1) is 17.8 Å². The predicted molar refractivity (Wildman–Crippen MR) is 111 cm³/mol. The molecule has 0 bridgehead atoms. The first-order valence-electron chi connectivity index (χ1n) is 8.34. The van der Waals surface area contributed by atoms with Crippen LogP contribution in [0.15, 0.2) is 50.4 Å². The Labute approximate surface area is 178 Å². The summed E-state index contributed by atoms with van der Waals surface area (Å²) in [6.07, 6.45) is 1.40. The van der Waals surface area contributed by atoms with Gasteiger partial charge in [-0.15, -0.1) is 0 Å². The largest absolute Gasteiger partial charge is 0.503 e. The van der Waals surface area contributed by atoms with Gasteiger partial charge in [0.1, 0.15) is 5.92 Å². The lowest BCUT2D eigenvalue weighted by Crippen LogP contribution is -2.34. The van der Waals surface area contributed by atoms with E-state index in [1.54, 1.807) is 6.07 Å². The number of nitrogens with zero attached hydrogens (tertiary/aromatic N) is 1. The molecule has 9 heteroatoms. The summed E-state index contributed by atoms with van der Waals surface area (Å²) in [5.41, 5.74) is 3.92. The molecule has 0 radical (unpaired) electrons. The molecule has 0 saturated carbocycles. The van der Waals surface area contributed by atoms with Gasteiger partial charge in [0.25, 0.3) is 5.91 Å². The average molecular weight is 511 g/mol. The number of amides is 2. The van der Waals surface area contributed by atoms with Crippen LogP contribution in [0.1, 0.15) is 17.0 Å². The Morgan fingerprint density at radius 2 is 2.04 bits per heavy atom. The number of nitrogens with one attached hydrogen (secondary N) is 2.